The van der Waals surface area contributed by atoms with E-state index in [9.17, 15) is 13.2 Å². The molecule has 9 heteroatoms. The highest BCUT2D eigenvalue weighted by Crippen LogP contribution is 2.32. The number of fused-ring (bicyclic) bond motifs is 1. The minimum atomic E-state index is -3.32. The first-order valence-corrected chi connectivity index (χ1v) is 13.5. The first-order chi connectivity index (χ1) is 16.4. The molecule has 2 heterocycles. The molecule has 0 unspecified atom stereocenters. The van der Waals surface area contributed by atoms with Gasteiger partial charge in [0, 0.05) is 18.7 Å². The van der Waals surface area contributed by atoms with Crippen LogP contribution in [0.2, 0.25) is 0 Å². The van der Waals surface area contributed by atoms with E-state index in [2.05, 4.69) is 9.97 Å². The van der Waals surface area contributed by atoms with Gasteiger partial charge in [-0.05, 0) is 36.2 Å². The Bertz CT molecular complexity index is 1360. The molecule has 1 amide bonds. The number of rotatable bonds is 10. The van der Waals surface area contributed by atoms with Crippen molar-refractivity contribution in [1.29, 1.82) is 0 Å². The normalized spacial score (nSPS) is 11.4. The summed E-state index contributed by atoms with van der Waals surface area (Å²) in [6.07, 6.45) is 2.02. The van der Waals surface area contributed by atoms with Crippen molar-refractivity contribution < 1.29 is 17.9 Å². The molecule has 0 bridgehead atoms. The van der Waals surface area contributed by atoms with E-state index in [4.69, 9.17) is 4.74 Å². The van der Waals surface area contributed by atoms with E-state index >= 15 is 0 Å². The predicted molar refractivity (Wildman–Crippen MR) is 135 cm³/mol. The number of hydrogen-bond acceptors (Lipinski definition) is 7. The van der Waals surface area contributed by atoms with Crippen molar-refractivity contribution in [3.8, 4) is 5.75 Å². The third-order valence-electron chi connectivity index (χ3n) is 5.24. The molecule has 0 atom stereocenters. The van der Waals surface area contributed by atoms with Crippen LogP contribution in [-0.4, -0.2) is 37.2 Å². The summed E-state index contributed by atoms with van der Waals surface area (Å²) < 4.78 is 31.3. The fraction of sp³-hybridized carbons (Fsp3) is 0.240. The summed E-state index contributed by atoms with van der Waals surface area (Å²) in [4.78, 5) is 23.8. The van der Waals surface area contributed by atoms with Crippen LogP contribution in [0.25, 0.3) is 10.2 Å². The minimum absolute atomic E-state index is 0.0284. The second-order valence-corrected chi connectivity index (χ2v) is 11.0. The summed E-state index contributed by atoms with van der Waals surface area (Å²) in [5.74, 6) is 0.420. The van der Waals surface area contributed by atoms with Gasteiger partial charge in [0.2, 0.25) is 5.91 Å². The van der Waals surface area contributed by atoms with Gasteiger partial charge in [-0.15, -0.1) is 0 Å². The van der Waals surface area contributed by atoms with Crippen LogP contribution in [0.5, 0.6) is 5.75 Å². The molecule has 0 aliphatic heterocycles. The average molecular weight is 496 g/mol. The zero-order valence-electron chi connectivity index (χ0n) is 18.8. The SMILES string of the molecule is COc1ccc2sc(N(Cc3ccccn3)C(=O)CCCS(=O)(=O)Cc3ccccc3)nc2c1. The molecule has 0 fully saturated rings. The summed E-state index contributed by atoms with van der Waals surface area (Å²) in [5, 5.41) is 0.547. The van der Waals surface area contributed by atoms with Gasteiger partial charge in [0.05, 0.1) is 41.1 Å². The Morgan fingerprint density at radius 2 is 1.85 bits per heavy atom. The van der Waals surface area contributed by atoms with Crippen LogP contribution in [0.3, 0.4) is 0 Å². The number of aromatic nitrogens is 2. The lowest BCUT2D eigenvalue weighted by Crippen LogP contribution is -2.31. The van der Waals surface area contributed by atoms with Crippen LogP contribution < -0.4 is 9.64 Å². The molecule has 0 saturated heterocycles. The van der Waals surface area contributed by atoms with E-state index in [1.165, 1.54) is 11.3 Å². The maximum absolute atomic E-state index is 13.2. The topological polar surface area (TPSA) is 89.5 Å². The Morgan fingerprint density at radius 1 is 1.06 bits per heavy atom. The molecule has 34 heavy (non-hydrogen) atoms. The highest BCUT2D eigenvalue weighted by Gasteiger charge is 2.22. The van der Waals surface area contributed by atoms with Crippen LogP contribution in [0.4, 0.5) is 5.13 Å². The standard InChI is InChI=1S/C25H25N3O4S2/c1-32-21-12-13-23-22(16-21)27-25(33-23)28(17-20-10-5-6-14-26-20)24(29)11-7-15-34(30,31)18-19-8-3-2-4-9-19/h2-6,8-10,12-14,16H,7,11,15,17-18H2,1H3. The van der Waals surface area contributed by atoms with Crippen LogP contribution in [-0.2, 0) is 26.9 Å². The second kappa shape index (κ2) is 10.8. The number of thiazole rings is 1. The Kier molecular flexibility index (Phi) is 7.54. The summed E-state index contributed by atoms with van der Waals surface area (Å²) in [6.45, 7) is 0.257. The largest absolute Gasteiger partial charge is 0.497 e. The van der Waals surface area contributed by atoms with Crippen molar-refractivity contribution >= 4 is 42.4 Å². The zero-order chi connectivity index (χ0) is 24.0. The highest BCUT2D eigenvalue weighted by atomic mass is 32.2. The van der Waals surface area contributed by atoms with Gasteiger partial charge < -0.3 is 4.74 Å². The van der Waals surface area contributed by atoms with Gasteiger partial charge in [-0.2, -0.15) is 0 Å². The van der Waals surface area contributed by atoms with E-state index in [1.54, 1.807) is 30.3 Å². The Hall–Kier alpha value is -3.30. The molecule has 7 nitrogen and oxygen atoms in total. The monoisotopic (exact) mass is 495 g/mol. The van der Waals surface area contributed by atoms with E-state index in [-0.39, 0.29) is 36.8 Å². The van der Waals surface area contributed by atoms with Gasteiger partial charge in [0.1, 0.15) is 5.75 Å². The first kappa shape index (κ1) is 23.8. The van der Waals surface area contributed by atoms with Gasteiger partial charge in [-0.1, -0.05) is 47.7 Å². The number of sulfone groups is 1. The molecule has 0 aliphatic carbocycles. The number of anilines is 1. The van der Waals surface area contributed by atoms with Crippen molar-refractivity contribution in [2.45, 2.75) is 25.1 Å². The van der Waals surface area contributed by atoms with Crippen LogP contribution in [0.1, 0.15) is 24.1 Å². The average Bonchev–Trinajstić information content (AvgIpc) is 3.26. The van der Waals surface area contributed by atoms with Gasteiger partial charge in [0.25, 0.3) is 0 Å². The molecular weight excluding hydrogens is 470 g/mol. The van der Waals surface area contributed by atoms with Crippen molar-refractivity contribution in [3.05, 3.63) is 84.2 Å². The number of carbonyl (C=O) groups is 1. The van der Waals surface area contributed by atoms with E-state index in [0.717, 1.165) is 21.5 Å². The van der Waals surface area contributed by atoms with E-state index in [1.807, 2.05) is 54.6 Å². The third-order valence-corrected chi connectivity index (χ3v) is 7.98. The lowest BCUT2D eigenvalue weighted by molar-refractivity contribution is -0.118. The Morgan fingerprint density at radius 3 is 2.59 bits per heavy atom. The van der Waals surface area contributed by atoms with Gasteiger partial charge >= 0.3 is 0 Å². The van der Waals surface area contributed by atoms with Crippen molar-refractivity contribution in [1.82, 2.24) is 9.97 Å². The minimum Gasteiger partial charge on any atom is -0.497 e. The molecule has 2 aromatic heterocycles. The quantitative estimate of drug-likeness (QED) is 0.319. The fourth-order valence-corrected chi connectivity index (χ4v) is 5.92. The number of pyridine rings is 1. The fourth-order valence-electron chi connectivity index (χ4n) is 3.53. The van der Waals surface area contributed by atoms with Gasteiger partial charge in [-0.3, -0.25) is 14.7 Å². The molecule has 0 spiro atoms. The summed E-state index contributed by atoms with van der Waals surface area (Å²) >= 11 is 1.41. The lowest BCUT2D eigenvalue weighted by atomic mass is 10.2. The smallest absolute Gasteiger partial charge is 0.229 e. The molecule has 2 aromatic carbocycles. The van der Waals surface area contributed by atoms with Gasteiger partial charge in [-0.25, -0.2) is 13.4 Å². The third kappa shape index (κ3) is 6.18. The Labute approximate surface area is 203 Å². The number of hydrogen-bond donors (Lipinski definition) is 0. The molecule has 0 aliphatic rings. The van der Waals surface area contributed by atoms with Crippen molar-refractivity contribution in [2.75, 3.05) is 17.8 Å². The first-order valence-electron chi connectivity index (χ1n) is 10.8. The maximum atomic E-state index is 13.2. The molecule has 0 saturated carbocycles. The molecule has 4 rings (SSSR count). The maximum Gasteiger partial charge on any atom is 0.229 e. The summed E-state index contributed by atoms with van der Waals surface area (Å²) in [5.41, 5.74) is 2.21. The summed E-state index contributed by atoms with van der Waals surface area (Å²) in [6, 6.07) is 20.2. The molecule has 0 N–H and O–H groups in total. The molecule has 176 valence electrons. The number of carbonyl (C=O) groups excluding carboxylic acids is 1. The van der Waals surface area contributed by atoms with E-state index in [0.29, 0.717) is 10.9 Å². The number of benzene rings is 2. The number of ether oxygens (including phenoxy) is 1. The lowest BCUT2D eigenvalue weighted by Gasteiger charge is -2.19. The molecule has 0 radical (unpaired) electrons. The number of amides is 1. The summed E-state index contributed by atoms with van der Waals surface area (Å²) in [7, 11) is -1.72. The van der Waals surface area contributed by atoms with Gasteiger partial charge in [0.15, 0.2) is 15.0 Å². The highest BCUT2D eigenvalue weighted by molar-refractivity contribution is 7.90. The predicted octanol–water partition coefficient (Wildman–Crippen LogP) is 4.63. The van der Waals surface area contributed by atoms with Crippen LogP contribution in [0.15, 0.2) is 72.9 Å². The van der Waals surface area contributed by atoms with Crippen LogP contribution in [0, 0.1) is 0 Å². The zero-order valence-corrected chi connectivity index (χ0v) is 20.4. The van der Waals surface area contributed by atoms with E-state index < -0.39 is 9.84 Å². The van der Waals surface area contributed by atoms with Crippen molar-refractivity contribution in [2.24, 2.45) is 0 Å². The second-order valence-electron chi connectivity index (χ2n) is 7.81. The van der Waals surface area contributed by atoms with Crippen LogP contribution >= 0.6 is 11.3 Å². The molecule has 4 aromatic rings. The van der Waals surface area contributed by atoms with Crippen molar-refractivity contribution in [3.63, 3.8) is 0 Å². The number of nitrogens with zero attached hydrogens (tertiary/aromatic N) is 3. The Balaban J connectivity index is 1.49. The number of methoxy groups -OCH3 is 1. The molecular formula is C25H25N3O4S2.